The number of rotatable bonds is 3. The zero-order chi connectivity index (χ0) is 11.4. The number of nitrogens with one attached hydrogen (secondary N) is 1. The SMILES string of the molecule is CCOC(=O)c1n[nH]nc1-c1ccnnc1. The first-order chi connectivity index (χ1) is 7.83. The third-order valence-corrected chi connectivity index (χ3v) is 1.87. The van der Waals surface area contributed by atoms with Crippen LogP contribution in [0.5, 0.6) is 0 Å². The highest BCUT2D eigenvalue weighted by atomic mass is 16.5. The number of hydrogen-bond acceptors (Lipinski definition) is 6. The molecule has 0 radical (unpaired) electrons. The van der Waals surface area contributed by atoms with Crippen LogP contribution in [-0.2, 0) is 4.74 Å². The third kappa shape index (κ3) is 1.88. The summed E-state index contributed by atoms with van der Waals surface area (Å²) in [7, 11) is 0. The normalized spacial score (nSPS) is 10.1. The minimum Gasteiger partial charge on any atom is -0.461 e. The van der Waals surface area contributed by atoms with Gasteiger partial charge in [-0.3, -0.25) is 0 Å². The first kappa shape index (κ1) is 10.2. The van der Waals surface area contributed by atoms with Crippen LogP contribution in [0.1, 0.15) is 17.4 Å². The minimum absolute atomic E-state index is 0.148. The Balaban J connectivity index is 2.37. The molecule has 0 atom stereocenters. The lowest BCUT2D eigenvalue weighted by molar-refractivity contribution is 0.0520. The van der Waals surface area contributed by atoms with Gasteiger partial charge in [-0.2, -0.15) is 20.5 Å². The number of carbonyl (C=O) groups is 1. The monoisotopic (exact) mass is 219 g/mol. The number of ether oxygens (including phenoxy) is 1. The molecule has 16 heavy (non-hydrogen) atoms. The van der Waals surface area contributed by atoms with Crippen molar-refractivity contribution in [3.63, 3.8) is 0 Å². The van der Waals surface area contributed by atoms with Crippen molar-refractivity contribution in [1.82, 2.24) is 25.6 Å². The van der Waals surface area contributed by atoms with E-state index in [1.807, 2.05) is 0 Å². The van der Waals surface area contributed by atoms with E-state index in [0.29, 0.717) is 17.9 Å². The zero-order valence-electron chi connectivity index (χ0n) is 8.54. The Morgan fingerprint density at radius 1 is 1.44 bits per heavy atom. The summed E-state index contributed by atoms with van der Waals surface area (Å²) in [5, 5.41) is 17.4. The van der Waals surface area contributed by atoms with E-state index in [9.17, 15) is 4.79 Å². The van der Waals surface area contributed by atoms with E-state index in [-0.39, 0.29) is 5.69 Å². The molecule has 0 aromatic carbocycles. The Labute approximate surface area is 90.9 Å². The van der Waals surface area contributed by atoms with Crippen molar-refractivity contribution < 1.29 is 9.53 Å². The van der Waals surface area contributed by atoms with Crippen molar-refractivity contribution in [2.75, 3.05) is 6.61 Å². The van der Waals surface area contributed by atoms with E-state index in [1.165, 1.54) is 12.4 Å². The third-order valence-electron chi connectivity index (χ3n) is 1.87. The molecular formula is C9H9N5O2. The van der Waals surface area contributed by atoms with E-state index in [2.05, 4.69) is 25.6 Å². The Hall–Kier alpha value is -2.31. The van der Waals surface area contributed by atoms with Gasteiger partial charge in [-0.25, -0.2) is 4.79 Å². The van der Waals surface area contributed by atoms with Crippen LogP contribution in [0, 0.1) is 0 Å². The fourth-order valence-corrected chi connectivity index (χ4v) is 1.20. The average Bonchev–Trinajstić information content (AvgIpc) is 2.79. The summed E-state index contributed by atoms with van der Waals surface area (Å²) < 4.78 is 4.85. The molecule has 0 aliphatic heterocycles. The van der Waals surface area contributed by atoms with Gasteiger partial charge in [-0.15, -0.1) is 5.10 Å². The predicted molar refractivity (Wildman–Crippen MR) is 53.4 cm³/mol. The van der Waals surface area contributed by atoms with Gasteiger partial charge in [0.15, 0.2) is 5.69 Å². The van der Waals surface area contributed by atoms with Crippen molar-refractivity contribution >= 4 is 5.97 Å². The molecule has 0 unspecified atom stereocenters. The Morgan fingerprint density at radius 2 is 2.31 bits per heavy atom. The zero-order valence-corrected chi connectivity index (χ0v) is 8.54. The summed E-state index contributed by atoms with van der Waals surface area (Å²) in [4.78, 5) is 11.5. The van der Waals surface area contributed by atoms with Crippen LogP contribution in [0.3, 0.4) is 0 Å². The number of carbonyl (C=O) groups excluding carboxylic acids is 1. The molecule has 0 aliphatic carbocycles. The van der Waals surface area contributed by atoms with E-state index in [4.69, 9.17) is 4.74 Å². The molecule has 7 heteroatoms. The Morgan fingerprint density at radius 3 is 3.00 bits per heavy atom. The molecule has 82 valence electrons. The average molecular weight is 219 g/mol. The number of aromatic nitrogens is 5. The molecule has 7 nitrogen and oxygen atoms in total. The maximum absolute atomic E-state index is 11.5. The molecule has 0 fully saturated rings. The molecule has 0 aliphatic rings. The molecule has 0 saturated heterocycles. The fraction of sp³-hybridized carbons (Fsp3) is 0.222. The van der Waals surface area contributed by atoms with Crippen molar-refractivity contribution in [3.8, 4) is 11.3 Å². The van der Waals surface area contributed by atoms with E-state index < -0.39 is 5.97 Å². The number of esters is 1. The second-order valence-corrected chi connectivity index (χ2v) is 2.87. The first-order valence-electron chi connectivity index (χ1n) is 4.68. The maximum atomic E-state index is 11.5. The van der Waals surface area contributed by atoms with Crippen LogP contribution in [0.25, 0.3) is 11.3 Å². The molecule has 1 N–H and O–H groups in total. The van der Waals surface area contributed by atoms with Crippen LogP contribution < -0.4 is 0 Å². The lowest BCUT2D eigenvalue weighted by atomic mass is 10.2. The second kappa shape index (κ2) is 4.47. The Kier molecular flexibility index (Phi) is 2.86. The van der Waals surface area contributed by atoms with Crippen molar-refractivity contribution in [1.29, 1.82) is 0 Å². The summed E-state index contributed by atoms with van der Waals surface area (Å²) in [6, 6.07) is 1.69. The lowest BCUT2D eigenvalue weighted by Crippen LogP contribution is -2.06. The smallest absolute Gasteiger partial charge is 0.361 e. The number of H-pyrrole nitrogens is 1. The summed E-state index contributed by atoms with van der Waals surface area (Å²) in [6.45, 7) is 2.02. The largest absolute Gasteiger partial charge is 0.461 e. The van der Waals surface area contributed by atoms with Crippen molar-refractivity contribution in [2.24, 2.45) is 0 Å². The minimum atomic E-state index is -0.511. The van der Waals surface area contributed by atoms with E-state index in [0.717, 1.165) is 0 Å². The summed E-state index contributed by atoms with van der Waals surface area (Å²) in [6.07, 6.45) is 3.01. The van der Waals surface area contributed by atoms with E-state index >= 15 is 0 Å². The number of hydrogen-bond donors (Lipinski definition) is 1. The first-order valence-corrected chi connectivity index (χ1v) is 4.68. The van der Waals surface area contributed by atoms with Crippen LogP contribution in [0.2, 0.25) is 0 Å². The molecular weight excluding hydrogens is 210 g/mol. The van der Waals surface area contributed by atoms with Crippen molar-refractivity contribution in [3.05, 3.63) is 24.2 Å². The summed E-state index contributed by atoms with van der Waals surface area (Å²) >= 11 is 0. The molecule has 2 rings (SSSR count). The quantitative estimate of drug-likeness (QED) is 0.752. The Bertz CT molecular complexity index is 482. The lowest BCUT2D eigenvalue weighted by Gasteiger charge is -1.99. The highest BCUT2D eigenvalue weighted by Crippen LogP contribution is 2.17. The molecule has 0 saturated carbocycles. The van der Waals surface area contributed by atoms with Crippen LogP contribution in [0.4, 0.5) is 0 Å². The van der Waals surface area contributed by atoms with Gasteiger partial charge in [-0.1, -0.05) is 0 Å². The second-order valence-electron chi connectivity index (χ2n) is 2.87. The topological polar surface area (TPSA) is 93.7 Å². The van der Waals surface area contributed by atoms with Crippen molar-refractivity contribution in [2.45, 2.75) is 6.92 Å². The molecule has 0 amide bonds. The number of nitrogens with zero attached hydrogens (tertiary/aromatic N) is 4. The number of aromatic amines is 1. The highest BCUT2D eigenvalue weighted by Gasteiger charge is 2.18. The standard InChI is InChI=1S/C9H9N5O2/c1-2-16-9(15)8-7(12-14-13-8)6-3-4-10-11-5-6/h3-5H,2H2,1H3,(H,12,13,14). The van der Waals surface area contributed by atoms with Crippen LogP contribution in [-0.4, -0.2) is 38.2 Å². The van der Waals surface area contributed by atoms with Gasteiger partial charge in [0.1, 0.15) is 5.69 Å². The fourth-order valence-electron chi connectivity index (χ4n) is 1.20. The van der Waals surface area contributed by atoms with Gasteiger partial charge in [0, 0.05) is 5.56 Å². The van der Waals surface area contributed by atoms with Gasteiger partial charge in [0.25, 0.3) is 0 Å². The van der Waals surface area contributed by atoms with Crippen LogP contribution >= 0.6 is 0 Å². The van der Waals surface area contributed by atoms with Gasteiger partial charge in [-0.05, 0) is 13.0 Å². The summed E-state index contributed by atoms with van der Waals surface area (Å²) in [5.74, 6) is -0.511. The molecule has 2 aromatic rings. The van der Waals surface area contributed by atoms with Gasteiger partial charge in [0.2, 0.25) is 0 Å². The molecule has 2 heterocycles. The highest BCUT2D eigenvalue weighted by molar-refractivity contribution is 5.93. The van der Waals surface area contributed by atoms with Gasteiger partial charge < -0.3 is 4.74 Å². The summed E-state index contributed by atoms with van der Waals surface area (Å²) in [5.41, 5.74) is 1.22. The predicted octanol–water partition coefficient (Wildman–Crippen LogP) is 0.438. The molecule has 0 spiro atoms. The van der Waals surface area contributed by atoms with Gasteiger partial charge in [0.05, 0.1) is 19.0 Å². The van der Waals surface area contributed by atoms with Gasteiger partial charge >= 0.3 is 5.97 Å². The van der Waals surface area contributed by atoms with Crippen LogP contribution in [0.15, 0.2) is 18.5 Å². The van der Waals surface area contributed by atoms with E-state index in [1.54, 1.807) is 13.0 Å². The maximum Gasteiger partial charge on any atom is 0.361 e. The molecule has 2 aromatic heterocycles. The molecule has 0 bridgehead atoms.